The quantitative estimate of drug-likeness (QED) is 0.0966. The molecule has 234 valence electrons. The molecule has 0 saturated carbocycles. The molecule has 2 aromatic carbocycles. The number of nitrogens with one attached hydrogen (secondary N) is 2. The van der Waals surface area contributed by atoms with Crippen molar-refractivity contribution in [1.82, 2.24) is 5.32 Å². The zero-order chi connectivity index (χ0) is 29.5. The molecule has 0 bridgehead atoms. The highest BCUT2D eigenvalue weighted by Gasteiger charge is 2.38. The highest BCUT2D eigenvalue weighted by Crippen LogP contribution is 2.18. The summed E-state index contributed by atoms with van der Waals surface area (Å²) < 4.78 is 33.0. The van der Waals surface area contributed by atoms with Gasteiger partial charge in [0.15, 0.2) is 0 Å². The average molecular weight is 630 g/mol. The van der Waals surface area contributed by atoms with E-state index in [0.717, 1.165) is 50.1 Å². The lowest BCUT2D eigenvalue weighted by atomic mass is 10.1. The lowest BCUT2D eigenvalue weighted by Gasteiger charge is -2.26. The Labute approximate surface area is 256 Å². The Morgan fingerprint density at radius 2 is 1.27 bits per heavy atom. The minimum atomic E-state index is -2.56. The summed E-state index contributed by atoms with van der Waals surface area (Å²) in [5.41, 5.74) is 7.84. The van der Waals surface area contributed by atoms with Crippen molar-refractivity contribution >= 4 is 35.7 Å². The van der Waals surface area contributed by atoms with E-state index in [1.165, 1.54) is 5.56 Å². The SMILES string of the molecule is C=CC(NCCC[Si](OC)(OC)OCCCN)c1ccccc1.CO[Si](CCCNc1ccccc1)(OC)OC.Cl. The van der Waals surface area contributed by atoms with Gasteiger partial charge in [0.2, 0.25) is 0 Å². The van der Waals surface area contributed by atoms with Crippen LogP contribution in [0.25, 0.3) is 0 Å². The summed E-state index contributed by atoms with van der Waals surface area (Å²) in [6, 6.07) is 22.1. The molecule has 0 aliphatic heterocycles. The molecule has 2 rings (SSSR count). The maximum atomic E-state index is 5.85. The van der Waals surface area contributed by atoms with Crippen molar-refractivity contribution in [3.63, 3.8) is 0 Å². The van der Waals surface area contributed by atoms with Gasteiger partial charge in [-0.3, -0.25) is 0 Å². The average Bonchev–Trinajstić information content (AvgIpc) is 3.02. The Hall–Kier alpha value is -1.62. The molecule has 9 nitrogen and oxygen atoms in total. The summed E-state index contributed by atoms with van der Waals surface area (Å²) in [6.45, 7) is 6.82. The van der Waals surface area contributed by atoms with Gasteiger partial charge in [0.05, 0.1) is 6.04 Å². The molecule has 1 atom stereocenters. The monoisotopic (exact) mass is 629 g/mol. The largest absolute Gasteiger partial charge is 0.500 e. The van der Waals surface area contributed by atoms with Gasteiger partial charge < -0.3 is 42.9 Å². The Morgan fingerprint density at radius 1 is 0.756 bits per heavy atom. The van der Waals surface area contributed by atoms with Crippen LogP contribution in [0.2, 0.25) is 12.1 Å². The molecule has 0 amide bonds. The van der Waals surface area contributed by atoms with E-state index in [9.17, 15) is 0 Å². The van der Waals surface area contributed by atoms with Gasteiger partial charge in [-0.2, -0.15) is 0 Å². The van der Waals surface area contributed by atoms with Gasteiger partial charge in [0, 0.05) is 66.5 Å². The van der Waals surface area contributed by atoms with Crippen molar-refractivity contribution < 1.29 is 26.6 Å². The van der Waals surface area contributed by atoms with Crippen LogP contribution in [0.15, 0.2) is 73.3 Å². The molecule has 0 aromatic heterocycles. The Balaban J connectivity index is 0.000000794. The van der Waals surface area contributed by atoms with Gasteiger partial charge in [-0.25, -0.2) is 0 Å². The summed E-state index contributed by atoms with van der Waals surface area (Å²) in [4.78, 5) is 0. The van der Waals surface area contributed by atoms with Crippen LogP contribution in [-0.2, 0) is 26.6 Å². The number of benzene rings is 2. The van der Waals surface area contributed by atoms with Crippen molar-refractivity contribution in [2.45, 2.75) is 37.4 Å². The first-order chi connectivity index (χ1) is 19.5. The topological polar surface area (TPSA) is 105 Å². The van der Waals surface area contributed by atoms with Crippen LogP contribution in [0.4, 0.5) is 5.69 Å². The van der Waals surface area contributed by atoms with Crippen LogP contribution in [0.3, 0.4) is 0 Å². The zero-order valence-corrected chi connectivity index (χ0v) is 28.3. The normalized spacial score (nSPS) is 12.0. The number of para-hydroxylation sites is 1. The second-order valence-corrected chi connectivity index (χ2v) is 15.0. The van der Waals surface area contributed by atoms with Crippen molar-refractivity contribution in [3.05, 3.63) is 78.9 Å². The molecule has 0 saturated heterocycles. The van der Waals surface area contributed by atoms with E-state index in [-0.39, 0.29) is 18.4 Å². The fourth-order valence-corrected chi connectivity index (χ4v) is 7.74. The van der Waals surface area contributed by atoms with Gasteiger partial charge in [0.1, 0.15) is 0 Å². The second-order valence-electron chi connectivity index (χ2n) is 8.96. The first-order valence-electron chi connectivity index (χ1n) is 13.8. The molecule has 4 N–H and O–H groups in total. The number of rotatable bonds is 21. The fraction of sp³-hybridized carbons (Fsp3) is 0.517. The number of nitrogens with two attached hydrogens (primary N) is 1. The molecular weight excluding hydrogens is 578 g/mol. The molecule has 0 radical (unpaired) electrons. The second kappa shape index (κ2) is 23.9. The molecule has 0 aliphatic rings. The predicted molar refractivity (Wildman–Crippen MR) is 175 cm³/mol. The predicted octanol–water partition coefficient (Wildman–Crippen LogP) is 5.28. The first-order valence-corrected chi connectivity index (χ1v) is 17.6. The molecule has 41 heavy (non-hydrogen) atoms. The number of halogens is 1. The number of hydrogen-bond donors (Lipinski definition) is 3. The molecular formula is C29H52ClN3O6Si2. The molecule has 0 spiro atoms. The molecule has 1 unspecified atom stereocenters. The first kappa shape index (κ1) is 39.4. The van der Waals surface area contributed by atoms with E-state index >= 15 is 0 Å². The van der Waals surface area contributed by atoms with Crippen molar-refractivity contribution in [3.8, 4) is 0 Å². The Kier molecular flexibility index (Phi) is 23.0. The maximum Gasteiger partial charge on any atom is 0.500 e. The summed E-state index contributed by atoms with van der Waals surface area (Å²) >= 11 is 0. The third-order valence-electron chi connectivity index (χ3n) is 6.41. The minimum absolute atomic E-state index is 0. The highest BCUT2D eigenvalue weighted by molar-refractivity contribution is 6.60. The van der Waals surface area contributed by atoms with Crippen LogP contribution in [0.1, 0.15) is 30.9 Å². The van der Waals surface area contributed by atoms with Gasteiger partial charge in [-0.05, 0) is 50.0 Å². The van der Waals surface area contributed by atoms with E-state index in [1.54, 1.807) is 35.5 Å². The van der Waals surface area contributed by atoms with Gasteiger partial charge in [-0.1, -0.05) is 54.6 Å². The third-order valence-corrected chi connectivity index (χ3v) is 12.1. The van der Waals surface area contributed by atoms with E-state index < -0.39 is 17.6 Å². The molecule has 0 heterocycles. The Morgan fingerprint density at radius 3 is 1.78 bits per heavy atom. The van der Waals surface area contributed by atoms with Gasteiger partial charge >= 0.3 is 17.6 Å². The molecule has 2 aromatic rings. The Bertz CT molecular complexity index is 873. The minimum Gasteiger partial charge on any atom is -0.385 e. The van der Waals surface area contributed by atoms with E-state index in [2.05, 4.69) is 29.3 Å². The summed E-state index contributed by atoms with van der Waals surface area (Å²) in [5, 5.41) is 6.84. The number of hydrogen-bond acceptors (Lipinski definition) is 9. The molecule has 0 fully saturated rings. The van der Waals surface area contributed by atoms with E-state index in [1.807, 2.05) is 54.6 Å². The van der Waals surface area contributed by atoms with Gasteiger partial charge in [0.25, 0.3) is 0 Å². The summed E-state index contributed by atoms with van der Waals surface area (Å²) in [5.74, 6) is 0. The highest BCUT2D eigenvalue weighted by atomic mass is 35.5. The lowest BCUT2D eigenvalue weighted by molar-refractivity contribution is 0.0971. The third kappa shape index (κ3) is 15.4. The van der Waals surface area contributed by atoms with E-state index in [0.29, 0.717) is 13.2 Å². The molecule has 0 aliphatic carbocycles. The number of anilines is 1. The van der Waals surface area contributed by atoms with Crippen LogP contribution in [0.5, 0.6) is 0 Å². The summed E-state index contributed by atoms with van der Waals surface area (Å²) in [7, 11) is 3.28. The van der Waals surface area contributed by atoms with Crippen LogP contribution in [-0.4, -0.2) is 79.4 Å². The van der Waals surface area contributed by atoms with Crippen LogP contribution < -0.4 is 16.4 Å². The van der Waals surface area contributed by atoms with Crippen LogP contribution in [0, 0.1) is 0 Å². The van der Waals surface area contributed by atoms with Crippen molar-refractivity contribution in [1.29, 1.82) is 0 Å². The van der Waals surface area contributed by atoms with Gasteiger partial charge in [-0.15, -0.1) is 19.0 Å². The maximum absolute atomic E-state index is 5.85. The summed E-state index contributed by atoms with van der Waals surface area (Å²) in [6.07, 6.45) is 4.60. The van der Waals surface area contributed by atoms with Crippen molar-refractivity contribution in [2.24, 2.45) is 5.73 Å². The smallest absolute Gasteiger partial charge is 0.385 e. The van der Waals surface area contributed by atoms with Crippen LogP contribution >= 0.6 is 12.4 Å². The van der Waals surface area contributed by atoms with E-state index in [4.69, 9.17) is 32.3 Å². The van der Waals surface area contributed by atoms with Crippen molar-refractivity contribution in [2.75, 3.05) is 67.1 Å². The standard InChI is InChI=1S/C17H30N2O3Si.C12H21NO3Si.ClH/c1-4-17(16-10-6-5-7-11-16)19-13-9-15-23(20-2,21-3)22-14-8-12-18;1-14-17(15-2,16-3)11-7-10-13-12-8-5-4-6-9-12;/h4-7,10-11,17,19H,1,8-9,12-15,18H2,2-3H3;4-6,8-9,13H,7,10-11H2,1-3H3;1H. The molecule has 12 heteroatoms. The zero-order valence-electron chi connectivity index (χ0n) is 25.4. The fourth-order valence-electron chi connectivity index (χ4n) is 4.00. The lowest BCUT2D eigenvalue weighted by Crippen LogP contribution is -2.44.